The number of nitrogens with one attached hydrogen (secondary N) is 1. The molecule has 0 saturated carbocycles. The maximum absolute atomic E-state index is 12.9. The molecule has 7 nitrogen and oxygen atoms in total. The lowest BCUT2D eigenvalue weighted by molar-refractivity contribution is -0.142. The minimum atomic E-state index is -3.60. The Balaban J connectivity index is 2.09. The number of allylic oxidation sites excluding steroid dienone is 1. The highest BCUT2D eigenvalue weighted by atomic mass is 32.2. The Morgan fingerprint density at radius 1 is 1.19 bits per heavy atom. The molecule has 1 saturated heterocycles. The molecular weight excluding hydrogens is 368 g/mol. The number of hydrogen-bond donors (Lipinski definition) is 1. The number of carbonyl (C=O) groups is 2. The second-order valence-corrected chi connectivity index (χ2v) is 8.73. The molecule has 1 N–H and O–H groups in total. The third-order valence-corrected chi connectivity index (χ3v) is 6.20. The fraction of sp³-hybridized carbons (Fsp3) is 0.474. The first-order valence-electron chi connectivity index (χ1n) is 8.92. The fourth-order valence-electron chi connectivity index (χ4n) is 2.81. The molecule has 27 heavy (non-hydrogen) atoms. The van der Waals surface area contributed by atoms with Crippen LogP contribution in [0.2, 0.25) is 0 Å². The molecule has 1 aromatic carbocycles. The molecule has 1 amide bonds. The van der Waals surface area contributed by atoms with Crippen LogP contribution in [0.3, 0.4) is 0 Å². The number of anilines is 1. The number of ether oxygens (including phenoxy) is 1. The van der Waals surface area contributed by atoms with Gasteiger partial charge in [-0.2, -0.15) is 4.31 Å². The van der Waals surface area contributed by atoms with Crippen LogP contribution in [0, 0.1) is 6.92 Å². The zero-order valence-corrected chi connectivity index (χ0v) is 16.8. The third-order valence-electron chi connectivity index (χ3n) is 4.16. The smallest absolute Gasteiger partial charge is 0.331 e. The number of esters is 1. The first-order chi connectivity index (χ1) is 12.7. The zero-order valence-electron chi connectivity index (χ0n) is 15.9. The number of amides is 1. The molecule has 8 heteroatoms. The van der Waals surface area contributed by atoms with Gasteiger partial charge in [0.15, 0.2) is 6.61 Å². The van der Waals surface area contributed by atoms with Crippen molar-refractivity contribution in [1.29, 1.82) is 0 Å². The van der Waals surface area contributed by atoms with Crippen LogP contribution in [-0.2, 0) is 24.3 Å². The van der Waals surface area contributed by atoms with Crippen molar-refractivity contribution in [2.45, 2.75) is 44.9 Å². The summed E-state index contributed by atoms with van der Waals surface area (Å²) in [6.07, 6.45) is 4.03. The summed E-state index contributed by atoms with van der Waals surface area (Å²) in [5.74, 6) is -1.13. The van der Waals surface area contributed by atoms with E-state index < -0.39 is 28.5 Å². The Bertz CT molecular complexity index is 836. The molecule has 0 radical (unpaired) electrons. The van der Waals surface area contributed by atoms with Gasteiger partial charge in [-0.25, -0.2) is 13.2 Å². The van der Waals surface area contributed by atoms with E-state index in [1.165, 1.54) is 16.4 Å². The van der Waals surface area contributed by atoms with Crippen LogP contribution in [0.1, 0.15) is 38.7 Å². The summed E-state index contributed by atoms with van der Waals surface area (Å²) in [5.41, 5.74) is 1.74. The topological polar surface area (TPSA) is 92.8 Å². The molecule has 2 rings (SSSR count). The van der Waals surface area contributed by atoms with Crippen molar-refractivity contribution in [2.24, 2.45) is 0 Å². The molecule has 0 unspecified atom stereocenters. The van der Waals surface area contributed by atoms with Gasteiger partial charge >= 0.3 is 5.97 Å². The standard InChI is InChI=1S/C19H26N2O5S/c1-14(2)11-19(23)26-13-18(22)20-16-8-7-15(3)17(12-16)27(24,25)21-9-5-4-6-10-21/h7-8,11-12H,4-6,9-10,13H2,1-3H3,(H,20,22). The van der Waals surface area contributed by atoms with Crippen molar-refractivity contribution < 1.29 is 22.7 Å². The molecule has 148 valence electrons. The summed E-state index contributed by atoms with van der Waals surface area (Å²) in [4.78, 5) is 23.6. The molecule has 0 aromatic heterocycles. The van der Waals surface area contributed by atoms with E-state index in [2.05, 4.69) is 5.32 Å². The number of aryl methyl sites for hydroxylation is 1. The van der Waals surface area contributed by atoms with Crippen molar-refractivity contribution in [2.75, 3.05) is 25.0 Å². The normalized spacial score (nSPS) is 15.1. The van der Waals surface area contributed by atoms with Crippen LogP contribution >= 0.6 is 0 Å². The van der Waals surface area contributed by atoms with Gasteiger partial charge in [0.1, 0.15) is 0 Å². The van der Waals surface area contributed by atoms with Crippen molar-refractivity contribution in [3.8, 4) is 0 Å². The Kier molecular flexibility index (Phi) is 7.15. The molecule has 1 fully saturated rings. The van der Waals surface area contributed by atoms with Crippen molar-refractivity contribution in [1.82, 2.24) is 4.31 Å². The predicted molar refractivity (Wildman–Crippen MR) is 103 cm³/mol. The van der Waals surface area contributed by atoms with Gasteiger partial charge in [0.25, 0.3) is 5.91 Å². The highest BCUT2D eigenvalue weighted by Crippen LogP contribution is 2.26. The number of benzene rings is 1. The Morgan fingerprint density at radius 2 is 1.85 bits per heavy atom. The van der Waals surface area contributed by atoms with Gasteiger partial charge in [-0.15, -0.1) is 0 Å². The van der Waals surface area contributed by atoms with E-state index in [1.54, 1.807) is 32.9 Å². The summed E-state index contributed by atoms with van der Waals surface area (Å²) >= 11 is 0. The second-order valence-electron chi connectivity index (χ2n) is 6.82. The lowest BCUT2D eigenvalue weighted by Crippen LogP contribution is -2.36. The first kappa shape index (κ1) is 21.1. The Labute approximate surface area is 160 Å². The first-order valence-corrected chi connectivity index (χ1v) is 10.4. The summed E-state index contributed by atoms with van der Waals surface area (Å²) in [7, 11) is -3.60. The molecule has 1 aromatic rings. The summed E-state index contributed by atoms with van der Waals surface area (Å²) < 4.78 is 32.1. The largest absolute Gasteiger partial charge is 0.452 e. The quantitative estimate of drug-likeness (QED) is 0.591. The average molecular weight is 394 g/mol. The molecule has 1 aliphatic rings. The SMILES string of the molecule is CC(C)=CC(=O)OCC(=O)Nc1ccc(C)c(S(=O)(=O)N2CCCCC2)c1. The molecule has 0 atom stereocenters. The van der Waals surface area contributed by atoms with Crippen LogP contribution in [0.5, 0.6) is 0 Å². The van der Waals surface area contributed by atoms with E-state index >= 15 is 0 Å². The van der Waals surface area contributed by atoms with Crippen molar-refractivity contribution in [3.63, 3.8) is 0 Å². The van der Waals surface area contributed by atoms with Crippen LogP contribution in [-0.4, -0.2) is 44.3 Å². The van der Waals surface area contributed by atoms with E-state index in [-0.39, 0.29) is 4.90 Å². The molecule has 1 heterocycles. The summed E-state index contributed by atoms with van der Waals surface area (Å²) in [5, 5.41) is 2.57. The maximum atomic E-state index is 12.9. The van der Waals surface area contributed by atoms with Gasteiger partial charge in [-0.1, -0.05) is 18.1 Å². The third kappa shape index (κ3) is 5.90. The molecule has 0 spiro atoms. The zero-order chi connectivity index (χ0) is 20.0. The summed E-state index contributed by atoms with van der Waals surface area (Å²) in [6, 6.07) is 4.73. The van der Waals surface area contributed by atoms with Gasteiger partial charge in [0, 0.05) is 24.9 Å². The number of nitrogens with zero attached hydrogens (tertiary/aromatic N) is 1. The lowest BCUT2D eigenvalue weighted by Gasteiger charge is -2.26. The Hall–Kier alpha value is -2.19. The van der Waals surface area contributed by atoms with E-state index in [0.717, 1.165) is 24.8 Å². The predicted octanol–water partition coefficient (Wildman–Crippen LogP) is 2.62. The number of carbonyl (C=O) groups excluding carboxylic acids is 2. The fourth-order valence-corrected chi connectivity index (χ4v) is 4.58. The van der Waals surface area contributed by atoms with E-state index in [4.69, 9.17) is 4.74 Å². The lowest BCUT2D eigenvalue weighted by atomic mass is 10.2. The monoisotopic (exact) mass is 394 g/mol. The van der Waals surface area contributed by atoms with Crippen molar-refractivity contribution >= 4 is 27.6 Å². The number of piperidine rings is 1. The van der Waals surface area contributed by atoms with Crippen LogP contribution < -0.4 is 5.32 Å². The minimum Gasteiger partial charge on any atom is -0.452 e. The van der Waals surface area contributed by atoms with Gasteiger partial charge in [-0.05, 0) is 51.3 Å². The number of hydrogen-bond acceptors (Lipinski definition) is 5. The molecule has 0 bridgehead atoms. The highest BCUT2D eigenvalue weighted by Gasteiger charge is 2.27. The van der Waals surface area contributed by atoms with Gasteiger partial charge in [-0.3, -0.25) is 4.79 Å². The highest BCUT2D eigenvalue weighted by molar-refractivity contribution is 7.89. The van der Waals surface area contributed by atoms with Crippen LogP contribution in [0.4, 0.5) is 5.69 Å². The van der Waals surface area contributed by atoms with Crippen molar-refractivity contribution in [3.05, 3.63) is 35.4 Å². The molecule has 0 aliphatic carbocycles. The maximum Gasteiger partial charge on any atom is 0.331 e. The van der Waals surface area contributed by atoms with E-state index in [9.17, 15) is 18.0 Å². The second kappa shape index (κ2) is 9.14. The number of rotatable bonds is 6. The summed E-state index contributed by atoms with van der Waals surface area (Å²) in [6.45, 7) is 5.81. The van der Waals surface area contributed by atoms with Gasteiger partial charge in [0.05, 0.1) is 4.90 Å². The number of sulfonamides is 1. The average Bonchev–Trinajstić information content (AvgIpc) is 2.61. The molecular formula is C19H26N2O5S. The van der Waals surface area contributed by atoms with E-state index in [0.29, 0.717) is 24.3 Å². The minimum absolute atomic E-state index is 0.184. The van der Waals surface area contributed by atoms with Gasteiger partial charge in [0.2, 0.25) is 10.0 Å². The molecule has 1 aliphatic heterocycles. The van der Waals surface area contributed by atoms with Gasteiger partial charge < -0.3 is 10.1 Å². The van der Waals surface area contributed by atoms with Crippen LogP contribution in [0.25, 0.3) is 0 Å². The van der Waals surface area contributed by atoms with Crippen LogP contribution in [0.15, 0.2) is 34.7 Å². The van der Waals surface area contributed by atoms with E-state index in [1.807, 2.05) is 0 Å². The Morgan fingerprint density at radius 3 is 2.48 bits per heavy atom.